The molecule has 1 aromatic rings. The van der Waals surface area contributed by atoms with Crippen LogP contribution in [0, 0.1) is 5.41 Å². The number of carbonyl (C=O) groups excluding carboxylic acids is 3. The Morgan fingerprint density at radius 3 is 2.61 bits per heavy atom. The Labute approximate surface area is 136 Å². The van der Waals surface area contributed by atoms with Crippen molar-refractivity contribution in [3.63, 3.8) is 0 Å². The van der Waals surface area contributed by atoms with Gasteiger partial charge in [-0.2, -0.15) is 0 Å². The Balaban J connectivity index is 1.88. The average molecular weight is 314 g/mol. The lowest BCUT2D eigenvalue weighted by Crippen LogP contribution is -2.52. The van der Waals surface area contributed by atoms with Gasteiger partial charge in [0.2, 0.25) is 11.8 Å². The second kappa shape index (κ2) is 5.48. The van der Waals surface area contributed by atoms with Crippen LogP contribution in [0.4, 0.5) is 0 Å². The first-order valence-corrected chi connectivity index (χ1v) is 8.02. The largest absolute Gasteiger partial charge is 0.322 e. The van der Waals surface area contributed by atoms with E-state index < -0.39 is 6.04 Å². The predicted octanol–water partition coefficient (Wildman–Crippen LogP) is 2.04. The summed E-state index contributed by atoms with van der Waals surface area (Å²) in [7, 11) is 0. The molecule has 5 heteroatoms. The molecule has 5 nitrogen and oxygen atoms in total. The molecule has 2 aliphatic heterocycles. The zero-order chi connectivity index (χ0) is 16.8. The van der Waals surface area contributed by atoms with Crippen molar-refractivity contribution in [2.24, 2.45) is 5.41 Å². The van der Waals surface area contributed by atoms with Gasteiger partial charge in [0.25, 0.3) is 5.91 Å². The summed E-state index contributed by atoms with van der Waals surface area (Å²) in [6, 6.07) is 5.25. The smallest absolute Gasteiger partial charge is 0.255 e. The van der Waals surface area contributed by atoms with Crippen LogP contribution in [0.25, 0.3) is 0 Å². The number of nitrogens with one attached hydrogen (secondary N) is 1. The number of amides is 3. The fourth-order valence-corrected chi connectivity index (χ4v) is 3.39. The second-order valence-corrected chi connectivity index (χ2v) is 7.58. The maximum atomic E-state index is 12.7. The van der Waals surface area contributed by atoms with Crippen LogP contribution in [0.2, 0.25) is 0 Å². The number of nitrogens with zero attached hydrogens (tertiary/aromatic N) is 1. The summed E-state index contributed by atoms with van der Waals surface area (Å²) in [6.45, 7) is 6.95. The molecule has 1 unspecified atom stereocenters. The number of imide groups is 1. The topological polar surface area (TPSA) is 66.5 Å². The molecule has 1 saturated heterocycles. The van der Waals surface area contributed by atoms with Crippen molar-refractivity contribution in [2.75, 3.05) is 0 Å². The molecule has 1 fully saturated rings. The maximum absolute atomic E-state index is 12.7. The summed E-state index contributed by atoms with van der Waals surface area (Å²) in [5, 5.41) is 2.33. The number of rotatable bonds is 2. The fraction of sp³-hybridized carbons (Fsp3) is 0.500. The summed E-state index contributed by atoms with van der Waals surface area (Å²) >= 11 is 0. The molecule has 2 heterocycles. The van der Waals surface area contributed by atoms with Crippen molar-refractivity contribution >= 4 is 17.7 Å². The first kappa shape index (κ1) is 15.7. The van der Waals surface area contributed by atoms with E-state index in [2.05, 4.69) is 32.2 Å². The van der Waals surface area contributed by atoms with Crippen LogP contribution in [0.15, 0.2) is 18.2 Å². The van der Waals surface area contributed by atoms with Gasteiger partial charge in [-0.3, -0.25) is 19.7 Å². The fourth-order valence-electron chi connectivity index (χ4n) is 3.39. The van der Waals surface area contributed by atoms with Crippen molar-refractivity contribution in [1.29, 1.82) is 0 Å². The molecule has 1 atom stereocenters. The highest BCUT2D eigenvalue weighted by Crippen LogP contribution is 2.32. The minimum atomic E-state index is -0.546. The third-order valence-electron chi connectivity index (χ3n) is 4.40. The summed E-state index contributed by atoms with van der Waals surface area (Å²) in [6.07, 6.45) is 1.57. The van der Waals surface area contributed by atoms with Gasteiger partial charge < -0.3 is 4.90 Å². The van der Waals surface area contributed by atoms with Crippen LogP contribution < -0.4 is 5.32 Å². The van der Waals surface area contributed by atoms with Gasteiger partial charge in [-0.1, -0.05) is 32.9 Å². The van der Waals surface area contributed by atoms with Crippen LogP contribution >= 0.6 is 0 Å². The van der Waals surface area contributed by atoms with Crippen LogP contribution in [0.1, 0.15) is 55.1 Å². The average Bonchev–Trinajstić information content (AvgIpc) is 2.76. The Bertz CT molecular complexity index is 688. The highest BCUT2D eigenvalue weighted by molar-refractivity contribution is 6.05. The zero-order valence-corrected chi connectivity index (χ0v) is 13.8. The highest BCUT2D eigenvalue weighted by atomic mass is 16.2. The Morgan fingerprint density at radius 2 is 1.96 bits per heavy atom. The third kappa shape index (κ3) is 3.00. The highest BCUT2D eigenvalue weighted by Gasteiger charge is 2.39. The summed E-state index contributed by atoms with van der Waals surface area (Å²) in [5.41, 5.74) is 3.01. The molecule has 0 radical (unpaired) electrons. The van der Waals surface area contributed by atoms with Gasteiger partial charge in [0, 0.05) is 18.5 Å². The number of piperidine rings is 1. The van der Waals surface area contributed by atoms with E-state index in [1.165, 1.54) is 0 Å². The van der Waals surface area contributed by atoms with Crippen molar-refractivity contribution in [2.45, 2.75) is 52.6 Å². The van der Waals surface area contributed by atoms with E-state index in [0.717, 1.165) is 17.5 Å². The molecule has 2 aliphatic rings. The Kier molecular flexibility index (Phi) is 3.74. The molecule has 3 amide bonds. The van der Waals surface area contributed by atoms with Gasteiger partial charge in [0.05, 0.1) is 0 Å². The normalized spacial score (nSPS) is 21.4. The van der Waals surface area contributed by atoms with E-state index in [4.69, 9.17) is 0 Å². The van der Waals surface area contributed by atoms with E-state index in [0.29, 0.717) is 18.5 Å². The standard InChI is InChI=1S/C18H22N2O3/c1-18(2,3)9-11-5-4-6-12-13(11)10-20(17(12)23)14-7-8-15(21)19-16(14)22/h4-6,14H,7-10H2,1-3H3,(H,19,21,22). The monoisotopic (exact) mass is 314 g/mol. The minimum absolute atomic E-state index is 0.106. The summed E-state index contributed by atoms with van der Waals surface area (Å²) in [4.78, 5) is 37.7. The van der Waals surface area contributed by atoms with E-state index in [-0.39, 0.29) is 29.6 Å². The second-order valence-electron chi connectivity index (χ2n) is 7.58. The number of fused-ring (bicyclic) bond motifs is 1. The number of hydrogen-bond acceptors (Lipinski definition) is 3. The van der Waals surface area contributed by atoms with Gasteiger partial charge in [-0.05, 0) is 35.4 Å². The molecule has 1 N–H and O–H groups in total. The van der Waals surface area contributed by atoms with Crippen LogP contribution in [-0.2, 0) is 22.6 Å². The lowest BCUT2D eigenvalue weighted by molar-refractivity contribution is -0.136. The quantitative estimate of drug-likeness (QED) is 0.850. The van der Waals surface area contributed by atoms with E-state index in [1.807, 2.05) is 12.1 Å². The Hall–Kier alpha value is -2.17. The van der Waals surface area contributed by atoms with Crippen molar-refractivity contribution < 1.29 is 14.4 Å². The molecule has 0 spiro atoms. The van der Waals surface area contributed by atoms with Crippen LogP contribution in [-0.4, -0.2) is 28.7 Å². The molecule has 0 bridgehead atoms. The zero-order valence-electron chi connectivity index (χ0n) is 13.8. The van der Waals surface area contributed by atoms with Crippen LogP contribution in [0.5, 0.6) is 0 Å². The molecule has 0 saturated carbocycles. The van der Waals surface area contributed by atoms with E-state index in [9.17, 15) is 14.4 Å². The number of carbonyl (C=O) groups is 3. The minimum Gasteiger partial charge on any atom is -0.322 e. The molecule has 1 aromatic carbocycles. The van der Waals surface area contributed by atoms with E-state index in [1.54, 1.807) is 4.90 Å². The lowest BCUT2D eigenvalue weighted by atomic mass is 9.85. The van der Waals surface area contributed by atoms with Crippen molar-refractivity contribution in [3.05, 3.63) is 34.9 Å². The molecular formula is C18H22N2O3. The van der Waals surface area contributed by atoms with Gasteiger partial charge in [-0.15, -0.1) is 0 Å². The summed E-state index contributed by atoms with van der Waals surface area (Å²) < 4.78 is 0. The molecule has 23 heavy (non-hydrogen) atoms. The van der Waals surface area contributed by atoms with Gasteiger partial charge in [-0.25, -0.2) is 0 Å². The van der Waals surface area contributed by atoms with Crippen LogP contribution in [0.3, 0.4) is 0 Å². The molecule has 122 valence electrons. The predicted molar refractivity (Wildman–Crippen MR) is 85.6 cm³/mol. The van der Waals surface area contributed by atoms with E-state index >= 15 is 0 Å². The van der Waals surface area contributed by atoms with Gasteiger partial charge in [0.1, 0.15) is 6.04 Å². The van der Waals surface area contributed by atoms with Crippen molar-refractivity contribution in [3.8, 4) is 0 Å². The lowest BCUT2D eigenvalue weighted by Gasteiger charge is -2.29. The maximum Gasteiger partial charge on any atom is 0.255 e. The van der Waals surface area contributed by atoms with Crippen molar-refractivity contribution in [1.82, 2.24) is 10.2 Å². The number of hydrogen-bond donors (Lipinski definition) is 1. The molecule has 0 aliphatic carbocycles. The summed E-state index contributed by atoms with van der Waals surface area (Å²) in [5.74, 6) is -0.728. The van der Waals surface area contributed by atoms with Gasteiger partial charge >= 0.3 is 0 Å². The number of benzene rings is 1. The molecule has 3 rings (SSSR count). The first-order valence-electron chi connectivity index (χ1n) is 8.02. The Morgan fingerprint density at radius 1 is 1.22 bits per heavy atom. The third-order valence-corrected chi connectivity index (χ3v) is 4.40. The first-order chi connectivity index (χ1) is 10.8. The SMILES string of the molecule is CC(C)(C)Cc1cccc2c1CN(C1CCC(=O)NC1=O)C2=O. The molecular weight excluding hydrogens is 292 g/mol. The van der Waals surface area contributed by atoms with Gasteiger partial charge in [0.15, 0.2) is 0 Å². The molecule has 0 aromatic heterocycles.